The Bertz CT molecular complexity index is 1300. The number of phenols is 1. The molecular weight excluding hydrogens is 481 g/mol. The Labute approximate surface area is 205 Å². The quantitative estimate of drug-likeness (QED) is 0.279. The first-order valence-electron chi connectivity index (χ1n) is 10.0. The molecule has 0 radical (unpaired) electrons. The van der Waals surface area contributed by atoms with Gasteiger partial charge in [-0.25, -0.2) is 0 Å². The lowest BCUT2D eigenvalue weighted by atomic mass is 9.95. The number of carbonyl (C=O) groups is 2. The molecule has 1 heterocycles. The van der Waals surface area contributed by atoms with E-state index in [1.807, 2.05) is 0 Å². The molecule has 0 aromatic heterocycles. The summed E-state index contributed by atoms with van der Waals surface area (Å²) in [5, 5.41) is 21.2. The van der Waals surface area contributed by atoms with E-state index in [2.05, 4.69) is 0 Å². The summed E-state index contributed by atoms with van der Waals surface area (Å²) in [4.78, 5) is 27.8. The highest BCUT2D eigenvalue weighted by molar-refractivity contribution is 6.52. The second-order valence-corrected chi connectivity index (χ2v) is 8.22. The second-order valence-electron chi connectivity index (χ2n) is 7.41. The molecule has 4 rings (SSSR count). The van der Waals surface area contributed by atoms with Crippen LogP contribution < -0.4 is 14.4 Å². The molecule has 2 N–H and O–H groups in total. The maximum absolute atomic E-state index is 13.3. The molecule has 1 saturated heterocycles. The van der Waals surface area contributed by atoms with Crippen LogP contribution in [-0.4, -0.2) is 36.1 Å². The van der Waals surface area contributed by atoms with Crippen LogP contribution in [0.2, 0.25) is 10.0 Å². The summed E-state index contributed by atoms with van der Waals surface area (Å²) in [6, 6.07) is 14.5. The number of hydrogen-bond acceptors (Lipinski definition) is 6. The summed E-state index contributed by atoms with van der Waals surface area (Å²) in [5.74, 6) is -1.63. The minimum atomic E-state index is -1.02. The number of phenolic OH excluding ortho intramolecular Hbond substituents is 1. The number of hydrogen-bond donors (Lipinski definition) is 2. The van der Waals surface area contributed by atoms with Gasteiger partial charge in [0, 0.05) is 5.56 Å². The van der Waals surface area contributed by atoms with Gasteiger partial charge >= 0.3 is 0 Å². The molecule has 1 atom stereocenters. The van der Waals surface area contributed by atoms with Crippen LogP contribution in [0, 0.1) is 0 Å². The minimum absolute atomic E-state index is 0.00621. The van der Waals surface area contributed by atoms with Crippen molar-refractivity contribution in [1.29, 1.82) is 0 Å². The van der Waals surface area contributed by atoms with Crippen LogP contribution in [0.15, 0.2) is 66.2 Å². The van der Waals surface area contributed by atoms with E-state index in [9.17, 15) is 19.8 Å². The molecule has 7 nitrogen and oxygen atoms in total. The molecule has 1 aliphatic heterocycles. The number of rotatable bonds is 5. The van der Waals surface area contributed by atoms with Crippen molar-refractivity contribution < 1.29 is 29.3 Å². The first-order valence-corrected chi connectivity index (χ1v) is 10.8. The van der Waals surface area contributed by atoms with Crippen LogP contribution in [0.1, 0.15) is 17.2 Å². The van der Waals surface area contributed by atoms with Crippen molar-refractivity contribution in [1.82, 2.24) is 0 Å². The Morgan fingerprint density at radius 2 is 1.56 bits per heavy atom. The number of amides is 1. The van der Waals surface area contributed by atoms with Gasteiger partial charge in [0.05, 0.1) is 41.6 Å². The maximum atomic E-state index is 13.3. The van der Waals surface area contributed by atoms with Crippen LogP contribution >= 0.6 is 23.2 Å². The third-order valence-electron chi connectivity index (χ3n) is 5.47. The number of anilines is 1. The lowest BCUT2D eigenvalue weighted by molar-refractivity contribution is -0.132. The lowest BCUT2D eigenvalue weighted by Crippen LogP contribution is -2.29. The van der Waals surface area contributed by atoms with E-state index in [0.29, 0.717) is 17.0 Å². The van der Waals surface area contributed by atoms with Gasteiger partial charge in [-0.1, -0.05) is 47.5 Å². The molecule has 0 bridgehead atoms. The van der Waals surface area contributed by atoms with Crippen molar-refractivity contribution in [2.75, 3.05) is 19.1 Å². The third kappa shape index (κ3) is 3.93. The molecule has 34 heavy (non-hydrogen) atoms. The van der Waals surface area contributed by atoms with Crippen LogP contribution in [0.5, 0.6) is 17.2 Å². The lowest BCUT2D eigenvalue weighted by Gasteiger charge is -2.26. The van der Waals surface area contributed by atoms with Gasteiger partial charge < -0.3 is 19.7 Å². The van der Waals surface area contributed by atoms with Crippen molar-refractivity contribution in [3.63, 3.8) is 0 Å². The summed E-state index contributed by atoms with van der Waals surface area (Å²) in [6.07, 6.45) is 0. The van der Waals surface area contributed by atoms with Gasteiger partial charge in [-0.2, -0.15) is 0 Å². The molecule has 1 unspecified atom stereocenters. The average Bonchev–Trinajstić information content (AvgIpc) is 3.09. The number of Topliss-reactive ketones (excluding diaryl/α,β-unsaturated/α-hetero) is 1. The van der Waals surface area contributed by atoms with Gasteiger partial charge in [0.15, 0.2) is 5.75 Å². The standard InChI is InChI=1S/C25H19Cl2NO6/c1-33-19-6-4-3-5-18(19)28-21(13-7-9-15(29)10-8-13)20(23(31)25(28)32)22(30)14-11-16(26)24(34-2)17(27)12-14/h3-12,21,29-30H,1-2H3/b22-20+. The molecule has 0 saturated carbocycles. The molecule has 3 aromatic rings. The van der Waals surface area contributed by atoms with Crippen molar-refractivity contribution in [2.24, 2.45) is 0 Å². The number of carbonyl (C=O) groups excluding carboxylic acids is 2. The Hall–Kier alpha value is -3.68. The monoisotopic (exact) mass is 499 g/mol. The SMILES string of the molecule is COc1ccccc1N1C(=O)C(=O)/C(=C(/O)c2cc(Cl)c(OC)c(Cl)c2)C1c1ccc(O)cc1. The molecular formula is C25H19Cl2NO6. The van der Waals surface area contributed by atoms with Crippen LogP contribution in [0.3, 0.4) is 0 Å². The van der Waals surface area contributed by atoms with Gasteiger partial charge in [0.1, 0.15) is 17.3 Å². The van der Waals surface area contributed by atoms with Gasteiger partial charge in [0.25, 0.3) is 11.7 Å². The Balaban J connectivity index is 1.98. The van der Waals surface area contributed by atoms with E-state index in [1.165, 1.54) is 43.4 Å². The molecule has 9 heteroatoms. The van der Waals surface area contributed by atoms with Gasteiger partial charge in [-0.3, -0.25) is 14.5 Å². The van der Waals surface area contributed by atoms with E-state index in [1.54, 1.807) is 36.4 Å². The summed E-state index contributed by atoms with van der Waals surface area (Å²) in [5.41, 5.74) is 0.793. The molecule has 0 spiro atoms. The first kappa shape index (κ1) is 23.5. The van der Waals surface area contributed by atoms with E-state index >= 15 is 0 Å². The zero-order valence-electron chi connectivity index (χ0n) is 18.1. The maximum Gasteiger partial charge on any atom is 0.300 e. The molecule has 1 amide bonds. The zero-order chi connectivity index (χ0) is 24.6. The summed E-state index contributed by atoms with van der Waals surface area (Å²) < 4.78 is 10.6. The number of ether oxygens (including phenoxy) is 2. The van der Waals surface area contributed by atoms with Crippen molar-refractivity contribution >= 4 is 46.3 Å². The topological polar surface area (TPSA) is 96.3 Å². The molecule has 0 aliphatic carbocycles. The molecule has 174 valence electrons. The molecule has 1 fully saturated rings. The number of ketones is 1. The number of nitrogens with zero attached hydrogens (tertiary/aromatic N) is 1. The molecule has 3 aromatic carbocycles. The number of aliphatic hydroxyl groups is 1. The van der Waals surface area contributed by atoms with Crippen LogP contribution in [0.4, 0.5) is 5.69 Å². The van der Waals surface area contributed by atoms with Gasteiger partial charge in [0.2, 0.25) is 0 Å². The number of aromatic hydroxyl groups is 1. The number of para-hydroxylation sites is 2. The van der Waals surface area contributed by atoms with Crippen molar-refractivity contribution in [2.45, 2.75) is 6.04 Å². The Kier molecular flexibility index (Phi) is 6.41. The number of halogens is 2. The summed E-state index contributed by atoms with van der Waals surface area (Å²) in [6.45, 7) is 0. The minimum Gasteiger partial charge on any atom is -0.508 e. The molecule has 1 aliphatic rings. The average molecular weight is 500 g/mol. The second kappa shape index (κ2) is 9.29. The van der Waals surface area contributed by atoms with E-state index < -0.39 is 23.5 Å². The van der Waals surface area contributed by atoms with Gasteiger partial charge in [-0.15, -0.1) is 0 Å². The highest BCUT2D eigenvalue weighted by Crippen LogP contribution is 2.46. The highest BCUT2D eigenvalue weighted by Gasteiger charge is 2.47. The Morgan fingerprint density at radius 3 is 2.15 bits per heavy atom. The van der Waals surface area contributed by atoms with Crippen LogP contribution in [0.25, 0.3) is 5.76 Å². The van der Waals surface area contributed by atoms with Gasteiger partial charge in [-0.05, 0) is 42.0 Å². The normalized spacial score (nSPS) is 17.2. The van der Waals surface area contributed by atoms with E-state index in [0.717, 1.165) is 0 Å². The summed E-state index contributed by atoms with van der Waals surface area (Å²) in [7, 11) is 2.85. The fourth-order valence-electron chi connectivity index (χ4n) is 3.93. The fourth-order valence-corrected chi connectivity index (χ4v) is 4.57. The number of methoxy groups -OCH3 is 2. The third-order valence-corrected chi connectivity index (χ3v) is 6.04. The van der Waals surface area contributed by atoms with Crippen LogP contribution in [-0.2, 0) is 9.59 Å². The number of aliphatic hydroxyl groups excluding tert-OH is 1. The summed E-state index contributed by atoms with van der Waals surface area (Å²) >= 11 is 12.5. The Morgan fingerprint density at radius 1 is 0.941 bits per heavy atom. The fraction of sp³-hybridized carbons (Fsp3) is 0.120. The highest BCUT2D eigenvalue weighted by atomic mass is 35.5. The zero-order valence-corrected chi connectivity index (χ0v) is 19.6. The largest absolute Gasteiger partial charge is 0.508 e. The smallest absolute Gasteiger partial charge is 0.300 e. The van der Waals surface area contributed by atoms with E-state index in [4.69, 9.17) is 32.7 Å². The predicted molar refractivity (Wildman–Crippen MR) is 129 cm³/mol. The van der Waals surface area contributed by atoms with Crippen molar-refractivity contribution in [3.8, 4) is 17.2 Å². The first-order chi connectivity index (χ1) is 16.3. The van der Waals surface area contributed by atoms with Crippen molar-refractivity contribution in [3.05, 3.63) is 87.4 Å². The van der Waals surface area contributed by atoms with E-state index in [-0.39, 0.29) is 32.7 Å². The number of benzene rings is 3. The predicted octanol–water partition coefficient (Wildman–Crippen LogP) is 5.34.